The van der Waals surface area contributed by atoms with Crippen LogP contribution in [0.1, 0.15) is 37.4 Å². The molecule has 1 N–H and O–H groups in total. The fourth-order valence-electron chi connectivity index (χ4n) is 3.12. The Hall–Kier alpha value is -2.00. The Balaban J connectivity index is 1.73. The van der Waals surface area contributed by atoms with Crippen molar-refractivity contribution in [2.45, 2.75) is 37.8 Å². The van der Waals surface area contributed by atoms with E-state index in [-0.39, 0.29) is 6.10 Å². The summed E-state index contributed by atoms with van der Waals surface area (Å²) in [4.78, 5) is 0. The van der Waals surface area contributed by atoms with Crippen LogP contribution < -0.4 is 14.8 Å². The van der Waals surface area contributed by atoms with Crippen LogP contribution in [0.25, 0.3) is 0 Å². The van der Waals surface area contributed by atoms with Gasteiger partial charge in [0.1, 0.15) is 17.6 Å². The average molecular weight is 311 g/mol. The van der Waals surface area contributed by atoms with Gasteiger partial charge in [-0.25, -0.2) is 0 Å². The highest BCUT2D eigenvalue weighted by Crippen LogP contribution is 2.29. The van der Waals surface area contributed by atoms with Crippen LogP contribution in [0.4, 0.5) is 0 Å². The summed E-state index contributed by atoms with van der Waals surface area (Å²) in [7, 11) is 1.68. The molecule has 3 rings (SSSR count). The lowest BCUT2D eigenvalue weighted by atomic mass is 9.96. The molecule has 1 heterocycles. The molecule has 2 unspecified atom stereocenters. The fraction of sp³-hybridized carbons (Fsp3) is 0.400. The van der Waals surface area contributed by atoms with Gasteiger partial charge in [0.2, 0.25) is 0 Å². The molecule has 122 valence electrons. The third kappa shape index (κ3) is 4.49. The van der Waals surface area contributed by atoms with Gasteiger partial charge in [-0.2, -0.15) is 0 Å². The molecular weight excluding hydrogens is 286 g/mol. The van der Waals surface area contributed by atoms with Crippen molar-refractivity contribution in [3.63, 3.8) is 0 Å². The molecule has 1 aliphatic rings. The van der Waals surface area contributed by atoms with Crippen LogP contribution in [-0.2, 0) is 0 Å². The number of hydrogen-bond acceptors (Lipinski definition) is 3. The van der Waals surface area contributed by atoms with E-state index in [9.17, 15) is 0 Å². The molecule has 0 bridgehead atoms. The summed E-state index contributed by atoms with van der Waals surface area (Å²) in [5, 5.41) is 3.62. The molecule has 2 aromatic rings. The summed E-state index contributed by atoms with van der Waals surface area (Å²) in [6.07, 6.45) is 4.89. The average Bonchev–Trinajstić information content (AvgIpc) is 2.63. The van der Waals surface area contributed by atoms with Crippen molar-refractivity contribution in [1.29, 1.82) is 0 Å². The minimum Gasteiger partial charge on any atom is -0.497 e. The monoisotopic (exact) mass is 311 g/mol. The topological polar surface area (TPSA) is 30.5 Å². The zero-order valence-electron chi connectivity index (χ0n) is 13.7. The van der Waals surface area contributed by atoms with Gasteiger partial charge in [0.15, 0.2) is 0 Å². The maximum Gasteiger partial charge on any atom is 0.125 e. The molecule has 0 saturated carbocycles. The second-order valence-corrected chi connectivity index (χ2v) is 6.08. The Morgan fingerprint density at radius 2 is 1.74 bits per heavy atom. The Labute approximate surface area is 138 Å². The molecular formula is C20H25NO2. The largest absolute Gasteiger partial charge is 0.497 e. The van der Waals surface area contributed by atoms with Crippen LogP contribution in [-0.4, -0.2) is 19.7 Å². The second kappa shape index (κ2) is 8.02. The van der Waals surface area contributed by atoms with Crippen LogP contribution in [0, 0.1) is 0 Å². The molecule has 23 heavy (non-hydrogen) atoms. The summed E-state index contributed by atoms with van der Waals surface area (Å²) in [5.41, 5.74) is 1.23. The molecule has 1 fully saturated rings. The molecule has 3 heteroatoms. The fourth-order valence-corrected chi connectivity index (χ4v) is 3.12. The van der Waals surface area contributed by atoms with Crippen molar-refractivity contribution in [2.75, 3.05) is 13.7 Å². The molecule has 2 atom stereocenters. The van der Waals surface area contributed by atoms with Crippen molar-refractivity contribution < 1.29 is 9.47 Å². The minimum atomic E-state index is 0.0696. The molecule has 0 spiro atoms. The number of nitrogens with one attached hydrogen (secondary N) is 1. The maximum atomic E-state index is 6.31. The molecule has 0 aliphatic carbocycles. The van der Waals surface area contributed by atoms with E-state index in [1.165, 1.54) is 24.8 Å². The first-order valence-electron chi connectivity index (χ1n) is 8.44. The highest BCUT2D eigenvalue weighted by Gasteiger charge is 2.21. The first-order valence-corrected chi connectivity index (χ1v) is 8.44. The van der Waals surface area contributed by atoms with Crippen LogP contribution in [0.3, 0.4) is 0 Å². The number of benzene rings is 2. The van der Waals surface area contributed by atoms with Crippen molar-refractivity contribution in [1.82, 2.24) is 5.32 Å². The van der Waals surface area contributed by atoms with Crippen LogP contribution in [0.5, 0.6) is 11.5 Å². The summed E-state index contributed by atoms with van der Waals surface area (Å²) >= 11 is 0. The zero-order valence-corrected chi connectivity index (χ0v) is 13.7. The molecule has 0 amide bonds. The lowest BCUT2D eigenvalue weighted by molar-refractivity contribution is 0.169. The Bertz CT molecular complexity index is 576. The van der Waals surface area contributed by atoms with Gasteiger partial charge in [0.05, 0.1) is 7.11 Å². The van der Waals surface area contributed by atoms with Crippen LogP contribution in [0.15, 0.2) is 54.6 Å². The maximum absolute atomic E-state index is 6.31. The van der Waals surface area contributed by atoms with E-state index in [4.69, 9.17) is 9.47 Å². The highest BCUT2D eigenvalue weighted by atomic mass is 16.5. The van der Waals surface area contributed by atoms with Crippen molar-refractivity contribution in [3.05, 3.63) is 60.2 Å². The quantitative estimate of drug-likeness (QED) is 0.860. The SMILES string of the molecule is COc1ccc(OC(CC2CCCCN2)c2ccccc2)cc1. The number of methoxy groups -OCH3 is 1. The van der Waals surface area contributed by atoms with Crippen LogP contribution >= 0.6 is 0 Å². The van der Waals surface area contributed by atoms with E-state index in [2.05, 4.69) is 29.6 Å². The Kier molecular flexibility index (Phi) is 5.54. The zero-order chi connectivity index (χ0) is 15.9. The molecule has 3 nitrogen and oxygen atoms in total. The lowest BCUT2D eigenvalue weighted by Gasteiger charge is -2.28. The second-order valence-electron chi connectivity index (χ2n) is 6.08. The Morgan fingerprint density at radius 1 is 1.00 bits per heavy atom. The van der Waals surface area contributed by atoms with Gasteiger partial charge < -0.3 is 14.8 Å². The van der Waals surface area contributed by atoms with E-state index in [1.807, 2.05) is 30.3 Å². The highest BCUT2D eigenvalue weighted by molar-refractivity contribution is 5.32. The van der Waals surface area contributed by atoms with Crippen LogP contribution in [0.2, 0.25) is 0 Å². The van der Waals surface area contributed by atoms with Gasteiger partial charge in [-0.15, -0.1) is 0 Å². The van der Waals surface area contributed by atoms with Gasteiger partial charge in [-0.05, 0) is 49.2 Å². The first kappa shape index (κ1) is 15.9. The third-order valence-electron chi connectivity index (χ3n) is 4.42. The van der Waals surface area contributed by atoms with Crippen molar-refractivity contribution in [2.24, 2.45) is 0 Å². The van der Waals surface area contributed by atoms with Gasteiger partial charge in [0.25, 0.3) is 0 Å². The first-order chi connectivity index (χ1) is 11.3. The lowest BCUT2D eigenvalue weighted by Crippen LogP contribution is -2.36. The summed E-state index contributed by atoms with van der Waals surface area (Å²) in [5.74, 6) is 1.73. The minimum absolute atomic E-state index is 0.0696. The molecule has 1 saturated heterocycles. The number of hydrogen-bond donors (Lipinski definition) is 1. The van der Waals surface area contributed by atoms with E-state index in [1.54, 1.807) is 7.11 Å². The van der Waals surface area contributed by atoms with Gasteiger partial charge >= 0.3 is 0 Å². The van der Waals surface area contributed by atoms with Gasteiger partial charge in [0, 0.05) is 12.5 Å². The number of ether oxygens (including phenoxy) is 2. The van der Waals surface area contributed by atoms with Gasteiger partial charge in [-0.3, -0.25) is 0 Å². The number of rotatable bonds is 6. The van der Waals surface area contributed by atoms with E-state index >= 15 is 0 Å². The molecule has 0 aromatic heterocycles. The summed E-state index contributed by atoms with van der Waals surface area (Å²) in [6.45, 7) is 1.12. The predicted molar refractivity (Wildman–Crippen MR) is 93.1 cm³/mol. The van der Waals surface area contributed by atoms with E-state index < -0.39 is 0 Å². The van der Waals surface area contributed by atoms with Gasteiger partial charge in [-0.1, -0.05) is 36.8 Å². The predicted octanol–water partition coefficient (Wildman–Crippen LogP) is 4.35. The summed E-state index contributed by atoms with van der Waals surface area (Å²) < 4.78 is 11.5. The van der Waals surface area contributed by atoms with E-state index in [0.29, 0.717) is 6.04 Å². The summed E-state index contributed by atoms with van der Waals surface area (Å²) in [6, 6.07) is 18.9. The smallest absolute Gasteiger partial charge is 0.125 e. The van der Waals surface area contributed by atoms with E-state index in [0.717, 1.165) is 24.5 Å². The normalized spacial score (nSPS) is 19.1. The third-order valence-corrected chi connectivity index (χ3v) is 4.42. The van der Waals surface area contributed by atoms with Crippen molar-refractivity contribution >= 4 is 0 Å². The standard InChI is InChI=1S/C20H25NO2/c1-22-18-10-12-19(13-11-18)23-20(16-7-3-2-4-8-16)15-17-9-5-6-14-21-17/h2-4,7-8,10-13,17,20-21H,5-6,9,14-15H2,1H3. The molecule has 2 aromatic carbocycles. The number of piperidine rings is 1. The Morgan fingerprint density at radius 3 is 2.39 bits per heavy atom. The molecule has 1 aliphatic heterocycles. The molecule has 0 radical (unpaired) electrons. The van der Waals surface area contributed by atoms with Crippen molar-refractivity contribution in [3.8, 4) is 11.5 Å².